The van der Waals surface area contributed by atoms with E-state index in [1.54, 1.807) is 0 Å². The van der Waals surface area contributed by atoms with Crippen molar-refractivity contribution in [3.63, 3.8) is 0 Å². The molecule has 0 aliphatic carbocycles. The normalized spacial score (nSPS) is 11.7. The number of para-hydroxylation sites is 2. The van der Waals surface area contributed by atoms with Crippen molar-refractivity contribution in [2.75, 3.05) is 0 Å². The molecule has 280 valence electrons. The van der Waals surface area contributed by atoms with Crippen molar-refractivity contribution >= 4 is 54.5 Å². The second kappa shape index (κ2) is 13.8. The van der Waals surface area contributed by atoms with Crippen molar-refractivity contribution in [2.24, 2.45) is 0 Å². The standard InChI is InChI=1S/C55H34N4O/c1-4-16-35(17-5-1)40-30-31-46(42-23-11-10-22-41(40)42)55-57-53(37-20-8-3-9-21-37)56-54(58-55)38-28-29-45-48-34-39(33-47(36-18-6-2-7-19-36)52(48)60-51(45)32-38)59-49-26-14-12-24-43(49)44-25-13-15-27-50(44)59/h1-34H. The first-order valence-corrected chi connectivity index (χ1v) is 20.2. The summed E-state index contributed by atoms with van der Waals surface area (Å²) >= 11 is 0. The molecule has 9 aromatic carbocycles. The highest BCUT2D eigenvalue weighted by molar-refractivity contribution is 6.13. The molecule has 0 fully saturated rings. The lowest BCUT2D eigenvalue weighted by Crippen LogP contribution is -2.00. The number of benzene rings is 9. The molecule has 5 nitrogen and oxygen atoms in total. The van der Waals surface area contributed by atoms with Gasteiger partial charge in [-0.2, -0.15) is 0 Å². The molecule has 12 aromatic rings. The minimum Gasteiger partial charge on any atom is -0.455 e. The molecular formula is C55H34N4O. The van der Waals surface area contributed by atoms with Gasteiger partial charge in [0.05, 0.1) is 11.0 Å². The molecule has 0 saturated carbocycles. The van der Waals surface area contributed by atoms with Gasteiger partial charge in [0.25, 0.3) is 0 Å². The number of nitrogens with zero attached hydrogens (tertiary/aromatic N) is 4. The predicted molar refractivity (Wildman–Crippen MR) is 246 cm³/mol. The molecule has 0 amide bonds. The van der Waals surface area contributed by atoms with Gasteiger partial charge in [-0.1, -0.05) is 164 Å². The van der Waals surface area contributed by atoms with Gasteiger partial charge in [0.1, 0.15) is 11.2 Å². The lowest BCUT2D eigenvalue weighted by atomic mass is 9.94. The Bertz CT molecular complexity index is 3540. The molecule has 0 bridgehead atoms. The van der Waals surface area contributed by atoms with Crippen molar-refractivity contribution in [3.05, 3.63) is 206 Å². The average molecular weight is 767 g/mol. The molecule has 0 radical (unpaired) electrons. The van der Waals surface area contributed by atoms with Crippen LogP contribution in [0, 0.1) is 0 Å². The Hall–Kier alpha value is -8.15. The highest BCUT2D eigenvalue weighted by atomic mass is 16.3. The van der Waals surface area contributed by atoms with Gasteiger partial charge in [0.15, 0.2) is 17.5 Å². The van der Waals surface area contributed by atoms with E-state index in [1.165, 1.54) is 21.9 Å². The van der Waals surface area contributed by atoms with Crippen LogP contribution in [0.1, 0.15) is 0 Å². The van der Waals surface area contributed by atoms with Crippen molar-refractivity contribution in [3.8, 4) is 62.1 Å². The molecule has 3 aromatic heterocycles. The molecule has 12 rings (SSSR count). The Morgan fingerprint density at radius 2 is 0.817 bits per heavy atom. The van der Waals surface area contributed by atoms with E-state index in [2.05, 4.69) is 174 Å². The van der Waals surface area contributed by atoms with Gasteiger partial charge in [-0.05, 0) is 69.9 Å². The highest BCUT2D eigenvalue weighted by Gasteiger charge is 2.21. The molecule has 0 aliphatic rings. The number of rotatable bonds is 6. The summed E-state index contributed by atoms with van der Waals surface area (Å²) in [5.74, 6) is 1.80. The summed E-state index contributed by atoms with van der Waals surface area (Å²) in [5, 5.41) is 6.73. The quantitative estimate of drug-likeness (QED) is 0.169. The van der Waals surface area contributed by atoms with E-state index in [1.807, 2.05) is 36.4 Å². The van der Waals surface area contributed by atoms with Crippen LogP contribution < -0.4 is 0 Å². The first-order valence-electron chi connectivity index (χ1n) is 20.2. The number of aromatic nitrogens is 4. The van der Waals surface area contributed by atoms with E-state index in [0.29, 0.717) is 17.5 Å². The Balaban J connectivity index is 1.06. The maximum absolute atomic E-state index is 6.91. The fraction of sp³-hybridized carbons (Fsp3) is 0. The highest BCUT2D eigenvalue weighted by Crippen LogP contribution is 2.42. The van der Waals surface area contributed by atoms with Gasteiger partial charge >= 0.3 is 0 Å². The fourth-order valence-electron chi connectivity index (χ4n) is 8.87. The van der Waals surface area contributed by atoms with Gasteiger partial charge in [-0.3, -0.25) is 0 Å². The summed E-state index contributed by atoms with van der Waals surface area (Å²) in [5.41, 5.74) is 12.2. The van der Waals surface area contributed by atoms with Crippen LogP contribution in [0.2, 0.25) is 0 Å². The summed E-state index contributed by atoms with van der Waals surface area (Å²) in [6.07, 6.45) is 0. The molecule has 0 spiro atoms. The van der Waals surface area contributed by atoms with Crippen molar-refractivity contribution in [1.82, 2.24) is 19.5 Å². The Labute approximate surface area is 345 Å². The molecule has 0 saturated heterocycles. The van der Waals surface area contributed by atoms with Crippen LogP contribution >= 0.6 is 0 Å². The second-order valence-corrected chi connectivity index (χ2v) is 15.2. The number of fused-ring (bicyclic) bond motifs is 7. The smallest absolute Gasteiger partial charge is 0.164 e. The van der Waals surface area contributed by atoms with Gasteiger partial charge in [0.2, 0.25) is 0 Å². The van der Waals surface area contributed by atoms with Gasteiger partial charge in [-0.15, -0.1) is 0 Å². The van der Waals surface area contributed by atoms with Crippen molar-refractivity contribution in [1.29, 1.82) is 0 Å². The zero-order chi connectivity index (χ0) is 39.6. The third kappa shape index (κ3) is 5.52. The van der Waals surface area contributed by atoms with E-state index in [4.69, 9.17) is 19.4 Å². The maximum atomic E-state index is 6.91. The average Bonchev–Trinajstić information content (AvgIpc) is 3.87. The summed E-state index contributed by atoms with van der Waals surface area (Å²) < 4.78 is 9.28. The Kier molecular flexibility index (Phi) is 7.78. The number of furan rings is 1. The molecule has 0 unspecified atom stereocenters. The van der Waals surface area contributed by atoms with E-state index in [9.17, 15) is 0 Å². The number of hydrogen-bond acceptors (Lipinski definition) is 4. The maximum Gasteiger partial charge on any atom is 0.164 e. The first-order chi connectivity index (χ1) is 29.7. The monoisotopic (exact) mass is 766 g/mol. The predicted octanol–water partition coefficient (Wildman–Crippen LogP) is 14.4. The van der Waals surface area contributed by atoms with Crippen LogP contribution in [-0.4, -0.2) is 19.5 Å². The van der Waals surface area contributed by atoms with E-state index >= 15 is 0 Å². The summed E-state index contributed by atoms with van der Waals surface area (Å²) in [4.78, 5) is 15.4. The van der Waals surface area contributed by atoms with E-state index < -0.39 is 0 Å². The molecule has 0 aliphatic heterocycles. The summed E-state index contributed by atoms with van der Waals surface area (Å²) in [6, 6.07) is 72.1. The molecular weight excluding hydrogens is 733 g/mol. The fourth-order valence-corrected chi connectivity index (χ4v) is 8.87. The Morgan fingerprint density at radius 3 is 1.47 bits per heavy atom. The largest absolute Gasteiger partial charge is 0.455 e. The molecule has 60 heavy (non-hydrogen) atoms. The topological polar surface area (TPSA) is 56.7 Å². The molecule has 3 heterocycles. The van der Waals surface area contributed by atoms with Crippen LogP contribution in [0.15, 0.2) is 211 Å². The zero-order valence-electron chi connectivity index (χ0n) is 32.3. The van der Waals surface area contributed by atoms with Gasteiger partial charge in [-0.25, -0.2) is 15.0 Å². The van der Waals surface area contributed by atoms with Crippen LogP contribution in [0.4, 0.5) is 0 Å². The first kappa shape index (κ1) is 33.9. The van der Waals surface area contributed by atoms with E-state index in [0.717, 1.165) is 77.2 Å². The second-order valence-electron chi connectivity index (χ2n) is 15.2. The van der Waals surface area contributed by atoms with Crippen molar-refractivity contribution < 1.29 is 4.42 Å². The lowest BCUT2D eigenvalue weighted by molar-refractivity contribution is 0.670. The van der Waals surface area contributed by atoms with Crippen LogP contribution in [0.5, 0.6) is 0 Å². The minimum atomic E-state index is 0.576. The van der Waals surface area contributed by atoms with Crippen LogP contribution in [0.3, 0.4) is 0 Å². The third-order valence-electron chi connectivity index (χ3n) is 11.7. The van der Waals surface area contributed by atoms with Crippen LogP contribution in [0.25, 0.3) is 117 Å². The SMILES string of the molecule is c1ccc(-c2nc(-c3ccc4c(c3)oc3c(-c5ccccc5)cc(-n5c6ccccc6c6ccccc65)cc34)nc(-c3ccc(-c4ccccc4)c4ccccc34)n2)cc1. The Morgan fingerprint density at radius 1 is 0.317 bits per heavy atom. The third-order valence-corrected chi connectivity index (χ3v) is 11.7. The van der Waals surface area contributed by atoms with Crippen LogP contribution in [-0.2, 0) is 0 Å². The minimum absolute atomic E-state index is 0.576. The molecule has 0 N–H and O–H groups in total. The zero-order valence-corrected chi connectivity index (χ0v) is 32.3. The van der Waals surface area contributed by atoms with Gasteiger partial charge in [0, 0.05) is 49.5 Å². The molecule has 5 heteroatoms. The number of hydrogen-bond donors (Lipinski definition) is 0. The summed E-state index contributed by atoms with van der Waals surface area (Å²) in [6.45, 7) is 0. The van der Waals surface area contributed by atoms with Crippen molar-refractivity contribution in [2.45, 2.75) is 0 Å². The lowest BCUT2D eigenvalue weighted by Gasteiger charge is -2.13. The van der Waals surface area contributed by atoms with E-state index in [-0.39, 0.29) is 0 Å². The van der Waals surface area contributed by atoms with Gasteiger partial charge < -0.3 is 8.98 Å². The summed E-state index contributed by atoms with van der Waals surface area (Å²) in [7, 11) is 0. The molecule has 0 atom stereocenters.